The van der Waals surface area contributed by atoms with E-state index in [4.69, 9.17) is 10.2 Å². The molecule has 8 nitrogen and oxygen atoms in total. The first-order chi connectivity index (χ1) is 9.29. The van der Waals surface area contributed by atoms with E-state index in [0.29, 0.717) is 5.69 Å². The predicted molar refractivity (Wildman–Crippen MR) is 70.5 cm³/mol. The van der Waals surface area contributed by atoms with Crippen LogP contribution in [-0.2, 0) is 16.1 Å². The molecule has 110 valence electrons. The lowest BCUT2D eigenvalue weighted by Crippen LogP contribution is -2.47. The summed E-state index contributed by atoms with van der Waals surface area (Å²) < 4.78 is 0. The van der Waals surface area contributed by atoms with Crippen molar-refractivity contribution in [2.45, 2.75) is 25.9 Å². The smallest absolute Gasteiger partial charge is 0.326 e. The topological polar surface area (TPSA) is 120 Å². The molecule has 9 heteroatoms. The summed E-state index contributed by atoms with van der Waals surface area (Å²) in [5.41, 5.74) is 0.690. The van der Waals surface area contributed by atoms with Gasteiger partial charge in [0.05, 0.1) is 23.7 Å². The number of carboxylic acid groups (broad SMARTS) is 2. The van der Waals surface area contributed by atoms with Crippen LogP contribution in [0.4, 0.5) is 4.79 Å². The molecule has 0 aliphatic rings. The van der Waals surface area contributed by atoms with E-state index in [2.05, 4.69) is 10.3 Å². The van der Waals surface area contributed by atoms with E-state index >= 15 is 0 Å². The van der Waals surface area contributed by atoms with Gasteiger partial charge in [0.25, 0.3) is 0 Å². The lowest BCUT2D eigenvalue weighted by atomic mass is 10.2. The van der Waals surface area contributed by atoms with E-state index in [1.54, 1.807) is 5.38 Å². The standard InChI is InChI=1S/C11H15N3O5S/c1-6-12-7(5-20-6)4-14(2)11(19)13-8(10(17)18)3-9(15)16/h5,8H,3-4H2,1-2H3,(H,13,19)(H,15,16)(H,17,18). The zero-order chi connectivity index (χ0) is 15.3. The number of hydrogen-bond donors (Lipinski definition) is 3. The van der Waals surface area contributed by atoms with Gasteiger partial charge in [0, 0.05) is 12.4 Å². The van der Waals surface area contributed by atoms with Crippen LogP contribution in [0.15, 0.2) is 5.38 Å². The largest absolute Gasteiger partial charge is 0.481 e. The summed E-state index contributed by atoms with van der Waals surface area (Å²) in [6.45, 7) is 2.05. The molecule has 20 heavy (non-hydrogen) atoms. The van der Waals surface area contributed by atoms with E-state index in [9.17, 15) is 14.4 Å². The van der Waals surface area contributed by atoms with Crippen molar-refractivity contribution in [1.82, 2.24) is 15.2 Å². The minimum Gasteiger partial charge on any atom is -0.481 e. The number of carbonyl (C=O) groups excluding carboxylic acids is 1. The highest BCUT2D eigenvalue weighted by molar-refractivity contribution is 7.09. The molecule has 0 saturated carbocycles. The van der Waals surface area contributed by atoms with Crippen molar-refractivity contribution in [3.8, 4) is 0 Å². The lowest BCUT2D eigenvalue weighted by Gasteiger charge is -2.19. The minimum atomic E-state index is -1.46. The zero-order valence-electron chi connectivity index (χ0n) is 11.0. The summed E-state index contributed by atoms with van der Waals surface area (Å²) >= 11 is 1.44. The van der Waals surface area contributed by atoms with Crippen LogP contribution in [-0.4, -0.2) is 51.2 Å². The van der Waals surface area contributed by atoms with Gasteiger partial charge in [0.2, 0.25) is 0 Å². The Kier molecular flexibility index (Phi) is 5.44. The number of carbonyl (C=O) groups is 3. The zero-order valence-corrected chi connectivity index (χ0v) is 11.8. The maximum atomic E-state index is 11.8. The van der Waals surface area contributed by atoms with Gasteiger partial charge in [-0.1, -0.05) is 0 Å². The van der Waals surface area contributed by atoms with Crippen LogP contribution >= 0.6 is 11.3 Å². The van der Waals surface area contributed by atoms with Gasteiger partial charge in [-0.25, -0.2) is 14.6 Å². The van der Waals surface area contributed by atoms with Crippen molar-refractivity contribution in [3.63, 3.8) is 0 Å². The number of hydrogen-bond acceptors (Lipinski definition) is 5. The normalized spacial score (nSPS) is 11.7. The molecule has 1 rings (SSSR count). The average molecular weight is 301 g/mol. The molecule has 0 fully saturated rings. The van der Waals surface area contributed by atoms with Gasteiger partial charge in [-0.3, -0.25) is 4.79 Å². The summed E-state index contributed by atoms with van der Waals surface area (Å²) in [5.74, 6) is -2.69. The Labute approximate surface area is 119 Å². The van der Waals surface area contributed by atoms with E-state index in [-0.39, 0.29) is 6.54 Å². The molecule has 1 aromatic heterocycles. The van der Waals surface area contributed by atoms with E-state index in [1.165, 1.54) is 23.3 Å². The van der Waals surface area contributed by atoms with Gasteiger partial charge >= 0.3 is 18.0 Å². The van der Waals surface area contributed by atoms with Crippen LogP contribution in [0.3, 0.4) is 0 Å². The van der Waals surface area contributed by atoms with Crippen LogP contribution in [0.25, 0.3) is 0 Å². The maximum Gasteiger partial charge on any atom is 0.326 e. The van der Waals surface area contributed by atoms with Crippen molar-refractivity contribution < 1.29 is 24.6 Å². The molecule has 1 aromatic rings. The number of nitrogens with one attached hydrogen (secondary N) is 1. The summed E-state index contributed by atoms with van der Waals surface area (Å²) in [4.78, 5) is 38.6. The summed E-state index contributed by atoms with van der Waals surface area (Å²) in [7, 11) is 1.48. The first-order valence-corrected chi connectivity index (χ1v) is 6.54. The molecule has 1 atom stereocenters. The Balaban J connectivity index is 2.59. The van der Waals surface area contributed by atoms with Gasteiger partial charge in [-0.2, -0.15) is 0 Å². The molecule has 0 aliphatic carbocycles. The van der Waals surface area contributed by atoms with Crippen LogP contribution < -0.4 is 5.32 Å². The van der Waals surface area contributed by atoms with Crippen LogP contribution in [0.1, 0.15) is 17.1 Å². The van der Waals surface area contributed by atoms with Gasteiger partial charge in [0.1, 0.15) is 6.04 Å². The molecule has 0 aliphatic heterocycles. The molecular formula is C11H15N3O5S. The number of aryl methyl sites for hydroxylation is 1. The summed E-state index contributed by atoms with van der Waals surface area (Å²) in [5, 5.41) is 22.2. The number of aromatic nitrogens is 1. The molecule has 2 amide bonds. The van der Waals surface area contributed by atoms with Gasteiger partial charge in [-0.15, -0.1) is 11.3 Å². The number of aliphatic carboxylic acids is 2. The second kappa shape index (κ2) is 6.85. The SMILES string of the molecule is Cc1nc(CN(C)C(=O)NC(CC(=O)O)C(=O)O)cs1. The molecule has 0 saturated heterocycles. The predicted octanol–water partition coefficient (Wildman–Crippen LogP) is 0.521. The number of urea groups is 1. The number of rotatable bonds is 6. The summed E-state index contributed by atoms with van der Waals surface area (Å²) in [6.07, 6.45) is -0.676. The third-order valence-electron chi connectivity index (χ3n) is 2.39. The van der Waals surface area contributed by atoms with Crippen molar-refractivity contribution in [2.24, 2.45) is 0 Å². The van der Waals surface area contributed by atoms with Crippen molar-refractivity contribution in [3.05, 3.63) is 16.1 Å². The van der Waals surface area contributed by atoms with Gasteiger partial charge < -0.3 is 20.4 Å². The van der Waals surface area contributed by atoms with Crippen molar-refractivity contribution in [2.75, 3.05) is 7.05 Å². The van der Waals surface area contributed by atoms with Crippen LogP contribution in [0.5, 0.6) is 0 Å². The Bertz CT molecular complexity index is 516. The number of carboxylic acids is 2. The number of thiazole rings is 1. The maximum absolute atomic E-state index is 11.8. The van der Waals surface area contributed by atoms with Crippen LogP contribution in [0, 0.1) is 6.92 Å². The monoisotopic (exact) mass is 301 g/mol. The van der Waals surface area contributed by atoms with Crippen molar-refractivity contribution >= 4 is 29.3 Å². The molecule has 1 heterocycles. The fourth-order valence-electron chi connectivity index (χ4n) is 1.43. The molecule has 1 unspecified atom stereocenters. The quantitative estimate of drug-likeness (QED) is 0.704. The van der Waals surface area contributed by atoms with E-state index in [1.807, 2.05) is 6.92 Å². The second-order valence-electron chi connectivity index (χ2n) is 4.15. The van der Waals surface area contributed by atoms with Crippen LogP contribution in [0.2, 0.25) is 0 Å². The Morgan fingerprint density at radius 2 is 2.10 bits per heavy atom. The van der Waals surface area contributed by atoms with Crippen molar-refractivity contribution in [1.29, 1.82) is 0 Å². The lowest BCUT2D eigenvalue weighted by molar-refractivity contribution is -0.145. The molecule has 3 N–H and O–H groups in total. The Morgan fingerprint density at radius 1 is 1.45 bits per heavy atom. The fraction of sp³-hybridized carbons (Fsp3) is 0.455. The number of nitrogens with zero attached hydrogens (tertiary/aromatic N) is 2. The highest BCUT2D eigenvalue weighted by Crippen LogP contribution is 2.09. The third-order valence-corrected chi connectivity index (χ3v) is 3.21. The first kappa shape index (κ1) is 15.9. The Hall–Kier alpha value is -2.16. The average Bonchev–Trinajstić information content (AvgIpc) is 2.72. The molecule has 0 bridgehead atoms. The minimum absolute atomic E-state index is 0.218. The second-order valence-corrected chi connectivity index (χ2v) is 5.21. The van der Waals surface area contributed by atoms with E-state index < -0.39 is 30.4 Å². The summed E-state index contributed by atoms with van der Waals surface area (Å²) in [6, 6.07) is -2.12. The van der Waals surface area contributed by atoms with Gasteiger partial charge in [-0.05, 0) is 6.92 Å². The highest BCUT2D eigenvalue weighted by atomic mass is 32.1. The fourth-order valence-corrected chi connectivity index (χ4v) is 2.03. The molecular weight excluding hydrogens is 286 g/mol. The number of amides is 2. The van der Waals surface area contributed by atoms with Gasteiger partial charge in [0.15, 0.2) is 0 Å². The highest BCUT2D eigenvalue weighted by Gasteiger charge is 2.24. The van der Waals surface area contributed by atoms with E-state index in [0.717, 1.165) is 5.01 Å². The third kappa shape index (κ3) is 4.84. The Morgan fingerprint density at radius 3 is 2.55 bits per heavy atom. The molecule has 0 aromatic carbocycles. The molecule has 0 spiro atoms. The molecule has 0 radical (unpaired) electrons. The first-order valence-electron chi connectivity index (χ1n) is 5.67.